The molecule has 1 aliphatic rings. The van der Waals surface area contributed by atoms with E-state index in [0.717, 1.165) is 24.2 Å². The molecule has 2 atom stereocenters. The van der Waals surface area contributed by atoms with Crippen LogP contribution in [0.5, 0.6) is 0 Å². The predicted molar refractivity (Wildman–Crippen MR) is 104 cm³/mol. The lowest BCUT2D eigenvalue weighted by molar-refractivity contribution is -0.128. The summed E-state index contributed by atoms with van der Waals surface area (Å²) in [4.78, 5) is 15.4. The maximum absolute atomic E-state index is 13.1. The second-order valence-corrected chi connectivity index (χ2v) is 6.47. The normalized spacial score (nSPS) is 17.2. The van der Waals surface area contributed by atoms with Gasteiger partial charge in [0.1, 0.15) is 0 Å². The molecule has 1 aliphatic heterocycles. The van der Waals surface area contributed by atoms with Gasteiger partial charge in [-0.05, 0) is 11.1 Å². The molecular formula is C22H26N2O2. The molecule has 0 unspecified atom stereocenters. The second-order valence-electron chi connectivity index (χ2n) is 6.47. The summed E-state index contributed by atoms with van der Waals surface area (Å²) in [6, 6.07) is 19.8. The number of benzene rings is 2. The number of amides is 1. The van der Waals surface area contributed by atoms with Gasteiger partial charge in [0, 0.05) is 25.6 Å². The molecule has 4 nitrogen and oxygen atoms in total. The minimum Gasteiger partial charge on any atom is -0.379 e. The van der Waals surface area contributed by atoms with E-state index in [0.29, 0.717) is 19.8 Å². The van der Waals surface area contributed by atoms with E-state index in [1.807, 2.05) is 54.6 Å². The first kappa shape index (κ1) is 18.4. The zero-order valence-electron chi connectivity index (χ0n) is 15.0. The SMILES string of the molecule is C=C[C@H](c1ccccc1)[C@@H](C(=O)NCc1ccccc1)N1CCOCC1. The van der Waals surface area contributed by atoms with E-state index in [9.17, 15) is 4.79 Å². The third-order valence-corrected chi connectivity index (χ3v) is 4.80. The molecule has 0 spiro atoms. The summed E-state index contributed by atoms with van der Waals surface area (Å²) in [7, 11) is 0. The topological polar surface area (TPSA) is 41.6 Å². The van der Waals surface area contributed by atoms with Gasteiger partial charge in [0.25, 0.3) is 0 Å². The van der Waals surface area contributed by atoms with Gasteiger partial charge in [-0.3, -0.25) is 9.69 Å². The minimum atomic E-state index is -0.289. The van der Waals surface area contributed by atoms with E-state index in [4.69, 9.17) is 4.74 Å². The molecule has 1 amide bonds. The van der Waals surface area contributed by atoms with Gasteiger partial charge in [-0.1, -0.05) is 66.7 Å². The highest BCUT2D eigenvalue weighted by atomic mass is 16.5. The number of carbonyl (C=O) groups excluding carboxylic acids is 1. The van der Waals surface area contributed by atoms with Gasteiger partial charge < -0.3 is 10.1 Å². The Balaban J connectivity index is 1.79. The average molecular weight is 350 g/mol. The van der Waals surface area contributed by atoms with Gasteiger partial charge in [0.05, 0.1) is 19.3 Å². The molecule has 1 fully saturated rings. The largest absolute Gasteiger partial charge is 0.379 e. The van der Waals surface area contributed by atoms with Crippen molar-refractivity contribution in [3.05, 3.63) is 84.4 Å². The van der Waals surface area contributed by atoms with Gasteiger partial charge in [0.2, 0.25) is 5.91 Å². The fourth-order valence-corrected chi connectivity index (χ4v) is 3.42. The maximum Gasteiger partial charge on any atom is 0.238 e. The summed E-state index contributed by atoms with van der Waals surface area (Å²) in [5.41, 5.74) is 2.20. The number of carbonyl (C=O) groups is 1. The van der Waals surface area contributed by atoms with Crippen LogP contribution in [-0.4, -0.2) is 43.2 Å². The Labute approximate surface area is 155 Å². The van der Waals surface area contributed by atoms with E-state index >= 15 is 0 Å². The van der Waals surface area contributed by atoms with Crippen molar-refractivity contribution in [2.24, 2.45) is 0 Å². The van der Waals surface area contributed by atoms with Crippen molar-refractivity contribution in [2.45, 2.75) is 18.5 Å². The first-order valence-electron chi connectivity index (χ1n) is 9.10. The van der Waals surface area contributed by atoms with Crippen LogP contribution in [-0.2, 0) is 16.1 Å². The van der Waals surface area contributed by atoms with Crippen molar-refractivity contribution in [1.82, 2.24) is 10.2 Å². The molecule has 1 heterocycles. The number of hydrogen-bond acceptors (Lipinski definition) is 3. The van der Waals surface area contributed by atoms with Crippen molar-refractivity contribution in [3.63, 3.8) is 0 Å². The van der Waals surface area contributed by atoms with Gasteiger partial charge >= 0.3 is 0 Å². The Kier molecular flexibility index (Phi) is 6.58. The van der Waals surface area contributed by atoms with Crippen LogP contribution < -0.4 is 5.32 Å². The van der Waals surface area contributed by atoms with Crippen molar-refractivity contribution in [3.8, 4) is 0 Å². The lowest BCUT2D eigenvalue weighted by atomic mass is 9.89. The highest BCUT2D eigenvalue weighted by Gasteiger charge is 2.33. The monoisotopic (exact) mass is 350 g/mol. The standard InChI is InChI=1S/C22H26N2O2/c1-2-20(19-11-7-4-8-12-19)21(24-13-15-26-16-14-24)22(25)23-17-18-9-5-3-6-10-18/h2-12,20-21H,1,13-17H2,(H,23,25)/t20-,21+/m1/s1. The van der Waals surface area contributed by atoms with Crippen LogP contribution in [0.2, 0.25) is 0 Å². The molecule has 0 radical (unpaired) electrons. The van der Waals surface area contributed by atoms with Crippen LogP contribution in [0.15, 0.2) is 73.3 Å². The number of nitrogens with one attached hydrogen (secondary N) is 1. The fraction of sp³-hybridized carbons (Fsp3) is 0.318. The first-order chi connectivity index (χ1) is 12.8. The van der Waals surface area contributed by atoms with Gasteiger partial charge in [-0.15, -0.1) is 6.58 Å². The summed E-state index contributed by atoms with van der Waals surface area (Å²) in [6.07, 6.45) is 1.89. The van der Waals surface area contributed by atoms with Gasteiger partial charge in [0.15, 0.2) is 0 Å². The molecule has 0 saturated carbocycles. The average Bonchev–Trinajstić information content (AvgIpc) is 2.72. The number of nitrogens with zero attached hydrogens (tertiary/aromatic N) is 1. The third kappa shape index (κ3) is 4.59. The summed E-state index contributed by atoms with van der Waals surface area (Å²) in [6.45, 7) is 7.35. The van der Waals surface area contributed by atoms with Crippen molar-refractivity contribution >= 4 is 5.91 Å². The van der Waals surface area contributed by atoms with E-state index in [1.54, 1.807) is 0 Å². The van der Waals surface area contributed by atoms with Gasteiger partial charge in [-0.25, -0.2) is 0 Å². The second kappa shape index (κ2) is 9.32. The van der Waals surface area contributed by atoms with Crippen LogP contribution in [0.4, 0.5) is 0 Å². The lowest BCUT2D eigenvalue weighted by Gasteiger charge is -2.37. The molecule has 1 saturated heterocycles. The molecule has 3 rings (SSSR count). The van der Waals surface area contributed by atoms with E-state index in [-0.39, 0.29) is 17.9 Å². The lowest BCUT2D eigenvalue weighted by Crippen LogP contribution is -2.53. The zero-order valence-corrected chi connectivity index (χ0v) is 15.0. The van der Waals surface area contributed by atoms with Crippen LogP contribution >= 0.6 is 0 Å². The Hall–Kier alpha value is -2.43. The molecule has 0 bridgehead atoms. The molecular weight excluding hydrogens is 324 g/mol. The number of ether oxygens (including phenoxy) is 1. The summed E-state index contributed by atoms with van der Waals surface area (Å²) < 4.78 is 5.48. The molecule has 26 heavy (non-hydrogen) atoms. The molecule has 136 valence electrons. The molecule has 2 aromatic rings. The predicted octanol–water partition coefficient (Wildman–Crippen LogP) is 2.97. The van der Waals surface area contributed by atoms with E-state index in [1.165, 1.54) is 0 Å². The molecule has 0 aliphatic carbocycles. The van der Waals surface area contributed by atoms with E-state index < -0.39 is 0 Å². The quantitative estimate of drug-likeness (QED) is 0.781. The van der Waals surface area contributed by atoms with Crippen LogP contribution in [0, 0.1) is 0 Å². The Morgan fingerprint density at radius 1 is 1.08 bits per heavy atom. The fourth-order valence-electron chi connectivity index (χ4n) is 3.42. The smallest absolute Gasteiger partial charge is 0.238 e. The van der Waals surface area contributed by atoms with Crippen molar-refractivity contribution < 1.29 is 9.53 Å². The Morgan fingerprint density at radius 2 is 1.69 bits per heavy atom. The highest BCUT2D eigenvalue weighted by Crippen LogP contribution is 2.26. The van der Waals surface area contributed by atoms with Crippen LogP contribution in [0.25, 0.3) is 0 Å². The number of rotatable bonds is 7. The Morgan fingerprint density at radius 3 is 2.31 bits per heavy atom. The molecule has 4 heteroatoms. The molecule has 1 N–H and O–H groups in total. The zero-order chi connectivity index (χ0) is 18.2. The van der Waals surface area contributed by atoms with Crippen LogP contribution in [0.3, 0.4) is 0 Å². The Bertz CT molecular complexity index is 697. The molecule has 0 aromatic heterocycles. The number of morpholine rings is 1. The summed E-state index contributed by atoms with van der Waals surface area (Å²) in [5, 5.41) is 3.11. The minimum absolute atomic E-state index is 0.0320. The first-order valence-corrected chi connectivity index (χ1v) is 9.10. The molecule has 2 aromatic carbocycles. The third-order valence-electron chi connectivity index (χ3n) is 4.80. The van der Waals surface area contributed by atoms with Crippen LogP contribution in [0.1, 0.15) is 17.0 Å². The van der Waals surface area contributed by atoms with Gasteiger partial charge in [-0.2, -0.15) is 0 Å². The maximum atomic E-state index is 13.1. The van der Waals surface area contributed by atoms with Crippen molar-refractivity contribution in [1.29, 1.82) is 0 Å². The summed E-state index contributed by atoms with van der Waals surface area (Å²) >= 11 is 0. The summed E-state index contributed by atoms with van der Waals surface area (Å²) in [5.74, 6) is -0.0328. The van der Waals surface area contributed by atoms with Crippen molar-refractivity contribution in [2.75, 3.05) is 26.3 Å². The number of hydrogen-bond donors (Lipinski definition) is 1. The van der Waals surface area contributed by atoms with E-state index in [2.05, 4.69) is 28.9 Å². The highest BCUT2D eigenvalue weighted by molar-refractivity contribution is 5.83.